The van der Waals surface area contributed by atoms with Gasteiger partial charge in [-0.3, -0.25) is 4.79 Å². The van der Waals surface area contributed by atoms with Crippen molar-refractivity contribution in [1.29, 1.82) is 0 Å². The third-order valence-electron chi connectivity index (χ3n) is 3.20. The number of nitrogens with zero attached hydrogens (tertiary/aromatic N) is 1. The van der Waals surface area contributed by atoms with E-state index in [1.54, 1.807) is 12.1 Å². The summed E-state index contributed by atoms with van der Waals surface area (Å²) in [6.07, 6.45) is 0. The molecule has 21 heavy (non-hydrogen) atoms. The molecule has 5 heteroatoms. The van der Waals surface area contributed by atoms with Gasteiger partial charge < -0.3 is 10.7 Å². The Kier molecular flexibility index (Phi) is 4.55. The number of nitrogens with two attached hydrogens (primary N) is 1. The number of nitrogen functional groups attached to an aromatic ring is 1. The van der Waals surface area contributed by atoms with Crippen LogP contribution in [0, 0.1) is 6.92 Å². The van der Waals surface area contributed by atoms with Crippen LogP contribution in [0.2, 0.25) is 0 Å². The van der Waals surface area contributed by atoms with Crippen molar-refractivity contribution in [2.45, 2.75) is 26.7 Å². The third-order valence-corrected chi connectivity index (χ3v) is 3.20. The molecule has 110 valence electrons. The van der Waals surface area contributed by atoms with Crippen molar-refractivity contribution in [1.82, 2.24) is 4.98 Å². The first-order valence-corrected chi connectivity index (χ1v) is 6.86. The summed E-state index contributed by atoms with van der Waals surface area (Å²) < 4.78 is 0. The van der Waals surface area contributed by atoms with Crippen molar-refractivity contribution in [2.75, 3.05) is 10.7 Å². The zero-order chi connectivity index (χ0) is 15.4. The molecule has 2 aromatic rings. The predicted octanol–water partition coefficient (Wildman–Crippen LogP) is 3.05. The fourth-order valence-corrected chi connectivity index (χ4v) is 2.03. The summed E-state index contributed by atoms with van der Waals surface area (Å²) in [5.74, 6) is 6.09. The minimum absolute atomic E-state index is 0.186. The molecule has 0 atom stereocenters. The number of aryl methyl sites for hydroxylation is 1. The Bertz CT molecular complexity index is 635. The minimum Gasteiger partial charge on any atom is -0.322 e. The zero-order valence-electron chi connectivity index (χ0n) is 12.5. The van der Waals surface area contributed by atoms with Gasteiger partial charge in [0.2, 0.25) is 0 Å². The van der Waals surface area contributed by atoms with Crippen molar-refractivity contribution in [3.8, 4) is 0 Å². The maximum atomic E-state index is 12.2. The monoisotopic (exact) mass is 284 g/mol. The van der Waals surface area contributed by atoms with Crippen molar-refractivity contribution in [3.63, 3.8) is 0 Å². The smallest absolute Gasteiger partial charge is 0.255 e. The summed E-state index contributed by atoms with van der Waals surface area (Å²) in [6, 6.07) is 11.2. The number of pyridine rings is 1. The molecule has 1 amide bonds. The standard InChI is InChI=1S/C16H20N4O/c1-10(2)12-4-6-14(7-5-12)19-16(21)13-8-11(3)18-15(9-13)20-17/h4-10H,17H2,1-3H3,(H,18,20)(H,19,21). The number of nitrogens with one attached hydrogen (secondary N) is 2. The van der Waals surface area contributed by atoms with Crippen LogP contribution in [0.4, 0.5) is 11.5 Å². The molecule has 0 saturated heterocycles. The minimum atomic E-state index is -0.186. The lowest BCUT2D eigenvalue weighted by atomic mass is 10.0. The Morgan fingerprint density at radius 2 is 1.86 bits per heavy atom. The molecular formula is C16H20N4O. The number of hydrazine groups is 1. The topological polar surface area (TPSA) is 80.0 Å². The summed E-state index contributed by atoms with van der Waals surface area (Å²) in [5, 5.41) is 2.87. The Balaban J connectivity index is 2.15. The molecule has 0 fully saturated rings. The lowest BCUT2D eigenvalue weighted by molar-refractivity contribution is 0.102. The Morgan fingerprint density at radius 3 is 2.43 bits per heavy atom. The van der Waals surface area contributed by atoms with Gasteiger partial charge in [0.1, 0.15) is 5.82 Å². The highest BCUT2D eigenvalue weighted by molar-refractivity contribution is 6.04. The SMILES string of the molecule is Cc1cc(C(=O)Nc2ccc(C(C)C)cc2)cc(NN)n1. The fraction of sp³-hybridized carbons (Fsp3) is 0.250. The number of rotatable bonds is 4. The van der Waals surface area contributed by atoms with E-state index in [1.807, 2.05) is 31.2 Å². The summed E-state index contributed by atoms with van der Waals surface area (Å²) in [7, 11) is 0. The fourth-order valence-electron chi connectivity index (χ4n) is 2.03. The predicted molar refractivity (Wildman–Crippen MR) is 85.3 cm³/mol. The van der Waals surface area contributed by atoms with E-state index in [2.05, 4.69) is 29.6 Å². The summed E-state index contributed by atoms with van der Waals surface area (Å²) in [4.78, 5) is 16.4. The molecule has 1 heterocycles. The second-order valence-electron chi connectivity index (χ2n) is 5.26. The van der Waals surface area contributed by atoms with Crippen LogP contribution in [0.1, 0.15) is 41.4 Å². The molecule has 1 aromatic heterocycles. The van der Waals surface area contributed by atoms with E-state index in [0.29, 0.717) is 17.3 Å². The number of benzene rings is 1. The molecular weight excluding hydrogens is 264 g/mol. The number of carbonyl (C=O) groups excluding carboxylic acids is 1. The number of hydrogen-bond donors (Lipinski definition) is 3. The second kappa shape index (κ2) is 6.37. The van der Waals surface area contributed by atoms with Gasteiger partial charge in [0, 0.05) is 16.9 Å². The van der Waals surface area contributed by atoms with Crippen LogP contribution in [0.15, 0.2) is 36.4 Å². The maximum Gasteiger partial charge on any atom is 0.255 e. The lowest BCUT2D eigenvalue weighted by Crippen LogP contribution is -2.15. The molecule has 0 radical (unpaired) electrons. The van der Waals surface area contributed by atoms with Crippen LogP contribution < -0.4 is 16.6 Å². The number of carbonyl (C=O) groups is 1. The third kappa shape index (κ3) is 3.79. The zero-order valence-corrected chi connectivity index (χ0v) is 12.5. The van der Waals surface area contributed by atoms with Gasteiger partial charge in [-0.05, 0) is 42.7 Å². The van der Waals surface area contributed by atoms with Gasteiger partial charge in [0.05, 0.1) is 0 Å². The number of anilines is 2. The van der Waals surface area contributed by atoms with Crippen LogP contribution in [0.3, 0.4) is 0 Å². The number of amides is 1. The first-order valence-electron chi connectivity index (χ1n) is 6.86. The Hall–Kier alpha value is -2.40. The van der Waals surface area contributed by atoms with E-state index in [4.69, 9.17) is 5.84 Å². The molecule has 0 bridgehead atoms. The van der Waals surface area contributed by atoms with Gasteiger partial charge in [0.15, 0.2) is 0 Å². The number of hydrogen-bond acceptors (Lipinski definition) is 4. The van der Waals surface area contributed by atoms with Gasteiger partial charge in [0.25, 0.3) is 5.91 Å². The van der Waals surface area contributed by atoms with Crippen molar-refractivity contribution in [3.05, 3.63) is 53.2 Å². The summed E-state index contributed by atoms with van der Waals surface area (Å²) >= 11 is 0. The van der Waals surface area contributed by atoms with Gasteiger partial charge in [-0.1, -0.05) is 26.0 Å². The molecule has 0 aliphatic rings. The lowest BCUT2D eigenvalue weighted by Gasteiger charge is -2.09. The Morgan fingerprint density at radius 1 is 1.19 bits per heavy atom. The second-order valence-corrected chi connectivity index (χ2v) is 5.26. The van der Waals surface area contributed by atoms with Crippen molar-refractivity contribution < 1.29 is 4.79 Å². The van der Waals surface area contributed by atoms with E-state index < -0.39 is 0 Å². The molecule has 0 aliphatic carbocycles. The molecule has 1 aromatic carbocycles. The highest BCUT2D eigenvalue weighted by Gasteiger charge is 2.09. The van der Waals surface area contributed by atoms with Gasteiger partial charge >= 0.3 is 0 Å². The first-order chi connectivity index (χ1) is 9.99. The first kappa shape index (κ1) is 15.0. The summed E-state index contributed by atoms with van der Waals surface area (Å²) in [5.41, 5.74) is 5.70. The van der Waals surface area contributed by atoms with Crippen LogP contribution in [-0.4, -0.2) is 10.9 Å². The van der Waals surface area contributed by atoms with Crippen molar-refractivity contribution >= 4 is 17.4 Å². The molecule has 4 N–H and O–H groups in total. The summed E-state index contributed by atoms with van der Waals surface area (Å²) in [6.45, 7) is 6.08. The van der Waals surface area contributed by atoms with Gasteiger partial charge in [-0.2, -0.15) is 0 Å². The highest BCUT2D eigenvalue weighted by atomic mass is 16.1. The molecule has 2 rings (SSSR count). The molecule has 5 nitrogen and oxygen atoms in total. The Labute approximate surface area is 124 Å². The van der Waals surface area contributed by atoms with Gasteiger partial charge in [-0.25, -0.2) is 10.8 Å². The highest BCUT2D eigenvalue weighted by Crippen LogP contribution is 2.18. The van der Waals surface area contributed by atoms with E-state index in [9.17, 15) is 4.79 Å². The average Bonchev–Trinajstić information content (AvgIpc) is 2.47. The largest absolute Gasteiger partial charge is 0.322 e. The van der Waals surface area contributed by atoms with Crippen LogP contribution >= 0.6 is 0 Å². The normalized spacial score (nSPS) is 10.5. The molecule has 0 spiro atoms. The van der Waals surface area contributed by atoms with E-state index in [-0.39, 0.29) is 5.91 Å². The molecule has 0 saturated carbocycles. The quantitative estimate of drug-likeness (QED) is 0.595. The van der Waals surface area contributed by atoms with E-state index in [0.717, 1.165) is 11.4 Å². The van der Waals surface area contributed by atoms with Crippen LogP contribution in [0.5, 0.6) is 0 Å². The molecule has 0 aliphatic heterocycles. The van der Waals surface area contributed by atoms with Crippen LogP contribution in [-0.2, 0) is 0 Å². The number of aromatic nitrogens is 1. The average molecular weight is 284 g/mol. The van der Waals surface area contributed by atoms with Gasteiger partial charge in [-0.15, -0.1) is 0 Å². The van der Waals surface area contributed by atoms with Crippen LogP contribution in [0.25, 0.3) is 0 Å². The van der Waals surface area contributed by atoms with E-state index >= 15 is 0 Å². The molecule has 0 unspecified atom stereocenters. The maximum absolute atomic E-state index is 12.2. The van der Waals surface area contributed by atoms with Crippen molar-refractivity contribution in [2.24, 2.45) is 5.84 Å². The van der Waals surface area contributed by atoms with E-state index in [1.165, 1.54) is 5.56 Å².